The number of nitrogens with one attached hydrogen (secondary N) is 2. The standard InChI is InChI=1S/C10H11ClN2OS.ClH/c11-7-1-2-15-9(7)10(14)13-8-5-3-12-4-6(5)8;/h1-2,5-6,8,12H,3-4H2,(H,13,14);1H. The number of amides is 1. The number of rotatable bonds is 2. The largest absolute Gasteiger partial charge is 0.348 e. The lowest BCUT2D eigenvalue weighted by Crippen LogP contribution is -2.32. The Labute approximate surface area is 109 Å². The third-order valence-electron chi connectivity index (χ3n) is 3.21. The van der Waals surface area contributed by atoms with Crippen molar-refractivity contribution >= 4 is 41.3 Å². The van der Waals surface area contributed by atoms with Crippen molar-refractivity contribution in [1.82, 2.24) is 10.6 Å². The molecule has 3 rings (SSSR count). The fourth-order valence-electron chi connectivity index (χ4n) is 2.31. The molecule has 1 aliphatic carbocycles. The Balaban J connectivity index is 0.000000963. The fraction of sp³-hybridized carbons (Fsp3) is 0.500. The van der Waals surface area contributed by atoms with Gasteiger partial charge in [-0.1, -0.05) is 11.6 Å². The van der Waals surface area contributed by atoms with Crippen molar-refractivity contribution in [1.29, 1.82) is 0 Å². The summed E-state index contributed by atoms with van der Waals surface area (Å²) in [4.78, 5) is 12.4. The van der Waals surface area contributed by atoms with E-state index in [9.17, 15) is 4.79 Å². The van der Waals surface area contributed by atoms with Crippen molar-refractivity contribution in [3.8, 4) is 0 Å². The Morgan fingerprint density at radius 2 is 2.19 bits per heavy atom. The van der Waals surface area contributed by atoms with Crippen LogP contribution in [0.2, 0.25) is 5.02 Å². The third-order valence-corrected chi connectivity index (χ3v) is 4.55. The zero-order valence-corrected chi connectivity index (χ0v) is 10.8. The second kappa shape index (κ2) is 4.53. The molecule has 0 spiro atoms. The number of piperidine rings is 1. The summed E-state index contributed by atoms with van der Waals surface area (Å²) in [6, 6.07) is 2.13. The maximum Gasteiger partial charge on any atom is 0.263 e. The molecule has 0 bridgehead atoms. The van der Waals surface area contributed by atoms with Gasteiger partial charge in [0, 0.05) is 19.1 Å². The lowest BCUT2D eigenvalue weighted by Gasteiger charge is -2.06. The van der Waals surface area contributed by atoms with Gasteiger partial charge in [0.15, 0.2) is 0 Å². The predicted octanol–water partition coefficient (Wildman–Crippen LogP) is 1.77. The molecule has 1 aliphatic heterocycles. The van der Waals surface area contributed by atoms with E-state index >= 15 is 0 Å². The van der Waals surface area contributed by atoms with E-state index in [0.29, 0.717) is 27.8 Å². The molecule has 2 unspecified atom stereocenters. The molecule has 2 atom stereocenters. The summed E-state index contributed by atoms with van der Waals surface area (Å²) < 4.78 is 0. The molecule has 1 saturated carbocycles. The summed E-state index contributed by atoms with van der Waals surface area (Å²) in [5.41, 5.74) is 0. The normalized spacial score (nSPS) is 30.4. The zero-order chi connectivity index (χ0) is 10.4. The summed E-state index contributed by atoms with van der Waals surface area (Å²) in [7, 11) is 0. The van der Waals surface area contributed by atoms with E-state index in [4.69, 9.17) is 11.6 Å². The van der Waals surface area contributed by atoms with Crippen LogP contribution in [-0.2, 0) is 0 Å². The van der Waals surface area contributed by atoms with Crippen molar-refractivity contribution in [2.24, 2.45) is 11.8 Å². The van der Waals surface area contributed by atoms with Crippen LogP contribution < -0.4 is 10.6 Å². The number of carbonyl (C=O) groups excluding carboxylic acids is 1. The van der Waals surface area contributed by atoms with Gasteiger partial charge in [-0.2, -0.15) is 0 Å². The summed E-state index contributed by atoms with van der Waals surface area (Å²) in [6.07, 6.45) is 0. The number of hydrogen-bond acceptors (Lipinski definition) is 3. The van der Waals surface area contributed by atoms with Gasteiger partial charge < -0.3 is 10.6 Å². The SMILES string of the molecule is Cl.O=C(NC1C2CNCC21)c1sccc1Cl. The van der Waals surface area contributed by atoms with Gasteiger partial charge in [0.05, 0.1) is 5.02 Å². The van der Waals surface area contributed by atoms with Crippen LogP contribution in [0.3, 0.4) is 0 Å². The van der Waals surface area contributed by atoms with E-state index in [1.807, 2.05) is 5.38 Å². The molecule has 1 amide bonds. The first-order valence-corrected chi connectivity index (χ1v) is 6.27. The smallest absolute Gasteiger partial charge is 0.263 e. The topological polar surface area (TPSA) is 41.1 Å². The van der Waals surface area contributed by atoms with Crippen molar-refractivity contribution in [3.63, 3.8) is 0 Å². The minimum atomic E-state index is -0.0191. The molecule has 2 heterocycles. The van der Waals surface area contributed by atoms with Gasteiger partial charge in [0.25, 0.3) is 5.91 Å². The molecule has 2 aliphatic rings. The van der Waals surface area contributed by atoms with Gasteiger partial charge >= 0.3 is 0 Å². The van der Waals surface area contributed by atoms with Crippen LogP contribution in [-0.4, -0.2) is 25.0 Å². The average molecular weight is 279 g/mol. The highest BCUT2D eigenvalue weighted by molar-refractivity contribution is 7.12. The monoisotopic (exact) mass is 278 g/mol. The third kappa shape index (κ3) is 1.95. The number of hydrogen-bond donors (Lipinski definition) is 2. The Kier molecular flexibility index (Phi) is 3.45. The quantitative estimate of drug-likeness (QED) is 0.866. The van der Waals surface area contributed by atoms with Crippen LogP contribution >= 0.6 is 35.3 Å². The molecule has 1 aromatic heterocycles. The number of halogens is 2. The molecule has 0 aromatic carbocycles. The van der Waals surface area contributed by atoms with E-state index in [1.165, 1.54) is 11.3 Å². The van der Waals surface area contributed by atoms with Crippen LogP contribution in [0, 0.1) is 11.8 Å². The maximum absolute atomic E-state index is 11.8. The Bertz CT molecular complexity index is 399. The van der Waals surface area contributed by atoms with Gasteiger partial charge in [-0.3, -0.25) is 4.79 Å². The van der Waals surface area contributed by atoms with Gasteiger partial charge in [-0.15, -0.1) is 23.7 Å². The Morgan fingerprint density at radius 3 is 2.75 bits per heavy atom. The maximum atomic E-state index is 11.8. The van der Waals surface area contributed by atoms with E-state index in [0.717, 1.165) is 13.1 Å². The lowest BCUT2D eigenvalue weighted by atomic mass is 10.4. The molecular formula is C10H12Cl2N2OS. The second-order valence-corrected chi connectivity index (χ2v) is 5.41. The molecular weight excluding hydrogens is 267 g/mol. The van der Waals surface area contributed by atoms with E-state index < -0.39 is 0 Å². The van der Waals surface area contributed by atoms with Gasteiger partial charge in [-0.05, 0) is 23.3 Å². The highest BCUT2D eigenvalue weighted by Gasteiger charge is 2.53. The Morgan fingerprint density at radius 1 is 1.50 bits per heavy atom. The molecule has 2 fully saturated rings. The molecule has 1 saturated heterocycles. The molecule has 6 heteroatoms. The van der Waals surface area contributed by atoms with Gasteiger partial charge in [0.1, 0.15) is 4.88 Å². The minimum absolute atomic E-state index is 0. The number of thiophene rings is 1. The summed E-state index contributed by atoms with van der Waals surface area (Å²) in [5, 5.41) is 8.74. The second-order valence-electron chi connectivity index (χ2n) is 4.08. The van der Waals surface area contributed by atoms with Gasteiger partial charge in [0.2, 0.25) is 0 Å². The lowest BCUT2D eigenvalue weighted by molar-refractivity contribution is 0.0951. The highest BCUT2D eigenvalue weighted by atomic mass is 35.5. The van der Waals surface area contributed by atoms with Crippen molar-refractivity contribution in [2.45, 2.75) is 6.04 Å². The fourth-order valence-corrected chi connectivity index (χ4v) is 3.35. The Hall–Kier alpha value is -0.290. The van der Waals surface area contributed by atoms with Crippen LogP contribution in [0.4, 0.5) is 0 Å². The van der Waals surface area contributed by atoms with Crippen LogP contribution in [0.25, 0.3) is 0 Å². The molecule has 1 aromatic rings. The zero-order valence-electron chi connectivity index (χ0n) is 8.40. The summed E-state index contributed by atoms with van der Waals surface area (Å²) >= 11 is 7.29. The molecule has 0 radical (unpaired) electrons. The van der Waals surface area contributed by atoms with Crippen molar-refractivity contribution < 1.29 is 4.79 Å². The van der Waals surface area contributed by atoms with Crippen molar-refractivity contribution in [3.05, 3.63) is 21.3 Å². The molecule has 88 valence electrons. The summed E-state index contributed by atoms with van der Waals surface area (Å²) in [6.45, 7) is 2.07. The first-order chi connectivity index (χ1) is 7.27. The van der Waals surface area contributed by atoms with Crippen LogP contribution in [0.1, 0.15) is 9.67 Å². The number of fused-ring (bicyclic) bond motifs is 1. The highest BCUT2D eigenvalue weighted by Crippen LogP contribution is 2.41. The average Bonchev–Trinajstić information content (AvgIpc) is 2.66. The molecule has 2 N–H and O–H groups in total. The molecule has 16 heavy (non-hydrogen) atoms. The first-order valence-electron chi connectivity index (χ1n) is 5.02. The first kappa shape index (κ1) is 12.2. The van der Waals surface area contributed by atoms with Crippen LogP contribution in [0.15, 0.2) is 11.4 Å². The van der Waals surface area contributed by atoms with E-state index in [-0.39, 0.29) is 18.3 Å². The molecule has 3 nitrogen and oxygen atoms in total. The minimum Gasteiger partial charge on any atom is -0.348 e. The van der Waals surface area contributed by atoms with E-state index in [2.05, 4.69) is 10.6 Å². The van der Waals surface area contributed by atoms with Crippen molar-refractivity contribution in [2.75, 3.05) is 13.1 Å². The number of carbonyl (C=O) groups is 1. The van der Waals surface area contributed by atoms with E-state index in [1.54, 1.807) is 6.07 Å². The van der Waals surface area contributed by atoms with Crippen LogP contribution in [0.5, 0.6) is 0 Å². The predicted molar refractivity (Wildman–Crippen MR) is 67.7 cm³/mol. The van der Waals surface area contributed by atoms with Gasteiger partial charge in [-0.25, -0.2) is 0 Å². The summed E-state index contributed by atoms with van der Waals surface area (Å²) in [5.74, 6) is 1.27.